The summed E-state index contributed by atoms with van der Waals surface area (Å²) in [6.07, 6.45) is 0. The highest BCUT2D eigenvalue weighted by molar-refractivity contribution is 7.86. The van der Waals surface area contributed by atoms with Crippen molar-refractivity contribution in [2.24, 2.45) is 5.73 Å². The van der Waals surface area contributed by atoms with E-state index in [1.54, 1.807) is 0 Å². The van der Waals surface area contributed by atoms with Crippen molar-refractivity contribution in [2.45, 2.75) is 9.55 Å². The lowest BCUT2D eigenvalue weighted by molar-refractivity contribution is -0.115. The number of rotatable bonds is 5. The molecule has 2 rings (SSSR count). The molecule has 3 nitrogen and oxygen atoms in total. The molecule has 1 unspecified atom stereocenters. The van der Waals surface area contributed by atoms with Gasteiger partial charge in [-0.05, 0) is 11.1 Å². The first kappa shape index (κ1) is 20.0. The molecule has 0 aliphatic rings. The summed E-state index contributed by atoms with van der Waals surface area (Å²) in [5.41, 5.74) is 7.00. The van der Waals surface area contributed by atoms with E-state index in [0.717, 1.165) is 11.1 Å². The van der Waals surface area contributed by atoms with Gasteiger partial charge in [-0.3, -0.25) is 9.00 Å². The fraction of sp³-hybridized carbons (Fsp3) is 0.188. The van der Waals surface area contributed by atoms with Crippen molar-refractivity contribution in [3.63, 3.8) is 0 Å². The van der Waals surface area contributed by atoms with Crippen LogP contribution in [-0.2, 0) is 15.6 Å². The Morgan fingerprint density at radius 3 is 1.57 bits per heavy atom. The van der Waals surface area contributed by atoms with Crippen molar-refractivity contribution in [1.82, 2.24) is 0 Å². The smallest absolute Gasteiger partial charge is 0.230 e. The van der Waals surface area contributed by atoms with Crippen LogP contribution >= 0.6 is 34.8 Å². The topological polar surface area (TPSA) is 60.2 Å². The average Bonchev–Trinajstić information content (AvgIpc) is 2.48. The molecule has 0 aliphatic carbocycles. The van der Waals surface area contributed by atoms with Crippen LogP contribution in [0.4, 0.5) is 0 Å². The Kier molecular flexibility index (Phi) is 9.26. The zero-order chi connectivity index (χ0) is 17.2. The van der Waals surface area contributed by atoms with Gasteiger partial charge in [0.1, 0.15) is 5.75 Å². The number of amides is 1. The van der Waals surface area contributed by atoms with Crippen molar-refractivity contribution in [1.29, 1.82) is 0 Å². The number of nitrogens with two attached hydrogens (primary N) is 1. The summed E-state index contributed by atoms with van der Waals surface area (Å²) in [6, 6.07) is 19.0. The molecule has 1 atom stereocenters. The van der Waals surface area contributed by atoms with Crippen LogP contribution in [0.5, 0.6) is 0 Å². The van der Waals surface area contributed by atoms with E-state index in [-0.39, 0.29) is 11.0 Å². The second-order valence-corrected chi connectivity index (χ2v) is 7.94. The number of hydrogen-bond acceptors (Lipinski definition) is 2. The van der Waals surface area contributed by atoms with E-state index in [4.69, 9.17) is 40.5 Å². The Labute approximate surface area is 153 Å². The van der Waals surface area contributed by atoms with Gasteiger partial charge in [-0.1, -0.05) is 95.5 Å². The molecule has 0 saturated carbocycles. The van der Waals surface area contributed by atoms with Gasteiger partial charge in [-0.25, -0.2) is 0 Å². The molecule has 2 aromatic carbocycles. The summed E-state index contributed by atoms with van der Waals surface area (Å²) in [6.45, 7) is 0. The maximum atomic E-state index is 12.4. The van der Waals surface area contributed by atoms with E-state index in [2.05, 4.69) is 0 Å². The first-order valence-electron chi connectivity index (χ1n) is 6.59. The molecule has 2 aromatic rings. The summed E-state index contributed by atoms with van der Waals surface area (Å²) >= 11 is 14.4. The number of carbonyl (C=O) groups is 1. The third kappa shape index (κ3) is 7.84. The highest BCUT2D eigenvalue weighted by atomic mass is 35.6. The Morgan fingerprint density at radius 1 is 0.913 bits per heavy atom. The van der Waals surface area contributed by atoms with Gasteiger partial charge in [0.25, 0.3) is 0 Å². The number of benzene rings is 2. The third-order valence-corrected chi connectivity index (χ3v) is 4.39. The van der Waals surface area contributed by atoms with Crippen LogP contribution in [-0.4, -0.2) is 20.2 Å². The van der Waals surface area contributed by atoms with Crippen LogP contribution in [0.15, 0.2) is 60.7 Å². The van der Waals surface area contributed by atoms with Crippen LogP contribution in [0.25, 0.3) is 0 Å². The summed E-state index contributed by atoms with van der Waals surface area (Å²) in [5, 5.41) is -0.324. The minimum atomic E-state index is -1.36. The molecule has 0 heterocycles. The first-order chi connectivity index (χ1) is 10.9. The maximum absolute atomic E-state index is 12.4. The Morgan fingerprint density at radius 2 is 1.26 bits per heavy atom. The number of primary amides is 1. The van der Waals surface area contributed by atoms with Crippen molar-refractivity contribution in [3.05, 3.63) is 71.8 Å². The lowest BCUT2D eigenvalue weighted by atomic mass is 10.0. The van der Waals surface area contributed by atoms with Gasteiger partial charge in [0.2, 0.25) is 5.91 Å². The standard InChI is InChI=1S/C15H15NO2S.CHCl3/c16-14(17)11-19(18)15(12-7-3-1-4-8-12)13-9-5-2-6-10-13;2-1(3)4/h1-10,15H,11H2,(H2,16,17);1H. The van der Waals surface area contributed by atoms with Crippen molar-refractivity contribution in [2.75, 3.05) is 5.75 Å². The molecule has 0 fully saturated rings. The fourth-order valence-corrected chi connectivity index (χ4v) is 3.34. The quantitative estimate of drug-likeness (QED) is 0.782. The second kappa shape index (κ2) is 10.7. The van der Waals surface area contributed by atoms with Crippen molar-refractivity contribution in [3.8, 4) is 0 Å². The molecule has 1 amide bonds. The van der Waals surface area contributed by atoms with Gasteiger partial charge in [-0.2, -0.15) is 0 Å². The lowest BCUT2D eigenvalue weighted by Gasteiger charge is -2.16. The highest BCUT2D eigenvalue weighted by Crippen LogP contribution is 2.28. The SMILES string of the molecule is ClC(Cl)Cl.NC(=O)CS(=O)C(c1ccccc1)c1ccccc1. The van der Waals surface area contributed by atoms with E-state index in [1.165, 1.54) is 0 Å². The first-order valence-corrected chi connectivity index (χ1v) is 9.28. The van der Waals surface area contributed by atoms with E-state index in [0.29, 0.717) is 0 Å². The number of carbonyl (C=O) groups excluding carboxylic acids is 1. The van der Waals surface area contributed by atoms with E-state index >= 15 is 0 Å². The fourth-order valence-electron chi connectivity index (χ4n) is 1.98. The number of halogens is 3. The normalized spacial score (nSPS) is 11.7. The van der Waals surface area contributed by atoms with Gasteiger partial charge in [0.15, 0.2) is 4.30 Å². The van der Waals surface area contributed by atoms with Crippen molar-refractivity contribution < 1.29 is 9.00 Å². The van der Waals surface area contributed by atoms with Gasteiger partial charge in [-0.15, -0.1) is 0 Å². The molecule has 2 N–H and O–H groups in total. The Hall–Kier alpha value is -1.07. The Bertz CT molecular complexity index is 581. The lowest BCUT2D eigenvalue weighted by Crippen LogP contribution is -2.23. The van der Waals surface area contributed by atoms with Crippen LogP contribution < -0.4 is 5.73 Å². The van der Waals surface area contributed by atoms with E-state index < -0.39 is 21.0 Å². The summed E-state index contributed by atoms with van der Waals surface area (Å²) in [5.74, 6) is -0.677. The Balaban J connectivity index is 0.000000593. The van der Waals surface area contributed by atoms with Gasteiger partial charge >= 0.3 is 0 Å². The summed E-state index contributed by atoms with van der Waals surface area (Å²) < 4.78 is 11.6. The molecule has 0 spiro atoms. The number of hydrogen-bond donors (Lipinski definition) is 1. The molecule has 124 valence electrons. The zero-order valence-electron chi connectivity index (χ0n) is 12.1. The third-order valence-electron chi connectivity index (χ3n) is 2.75. The second-order valence-electron chi connectivity index (χ2n) is 4.44. The highest BCUT2D eigenvalue weighted by Gasteiger charge is 2.22. The van der Waals surface area contributed by atoms with Gasteiger partial charge in [0.05, 0.1) is 5.25 Å². The zero-order valence-corrected chi connectivity index (χ0v) is 15.2. The predicted molar refractivity (Wildman–Crippen MR) is 98.3 cm³/mol. The van der Waals surface area contributed by atoms with E-state index in [1.807, 2.05) is 60.7 Å². The molecule has 7 heteroatoms. The molecule has 0 bridgehead atoms. The summed E-state index contributed by atoms with van der Waals surface area (Å²) in [4.78, 5) is 11.0. The van der Waals surface area contributed by atoms with Gasteiger partial charge in [0, 0.05) is 10.8 Å². The van der Waals surface area contributed by atoms with E-state index in [9.17, 15) is 9.00 Å². The minimum Gasteiger partial charge on any atom is -0.369 e. The largest absolute Gasteiger partial charge is 0.369 e. The monoisotopic (exact) mass is 391 g/mol. The molecule has 23 heavy (non-hydrogen) atoms. The van der Waals surface area contributed by atoms with Crippen molar-refractivity contribution >= 4 is 51.5 Å². The van der Waals surface area contributed by atoms with Crippen LogP contribution in [0.3, 0.4) is 0 Å². The number of alkyl halides is 3. The molecular weight excluding hydrogens is 377 g/mol. The molecule has 0 radical (unpaired) electrons. The maximum Gasteiger partial charge on any atom is 0.230 e. The van der Waals surface area contributed by atoms with Crippen LogP contribution in [0.1, 0.15) is 16.4 Å². The molecule has 0 saturated heterocycles. The predicted octanol–water partition coefficient (Wildman–Crippen LogP) is 4.00. The minimum absolute atomic E-state index is 0.131. The van der Waals surface area contributed by atoms with Gasteiger partial charge < -0.3 is 5.73 Å². The molecule has 0 aromatic heterocycles. The van der Waals surface area contributed by atoms with Crippen LogP contribution in [0.2, 0.25) is 0 Å². The van der Waals surface area contributed by atoms with Crippen LogP contribution in [0, 0.1) is 0 Å². The molecule has 0 aliphatic heterocycles. The summed E-state index contributed by atoms with van der Waals surface area (Å²) in [7, 11) is -1.36. The average molecular weight is 393 g/mol. The molecular formula is C16H16Cl3NO2S.